The second-order valence-corrected chi connectivity index (χ2v) is 3.94. The molecule has 0 aliphatic rings. The summed E-state index contributed by atoms with van der Waals surface area (Å²) in [5, 5.41) is 3.56. The van der Waals surface area contributed by atoms with Gasteiger partial charge in [0, 0.05) is 11.8 Å². The summed E-state index contributed by atoms with van der Waals surface area (Å²) < 4.78 is 20.1. The average molecular weight is 293 g/mol. The van der Waals surface area contributed by atoms with Crippen molar-refractivity contribution in [2.75, 3.05) is 26.6 Å². The first-order valence-electron chi connectivity index (χ1n) is 6.13. The van der Waals surface area contributed by atoms with Gasteiger partial charge < -0.3 is 24.5 Å². The lowest BCUT2D eigenvalue weighted by Gasteiger charge is -2.10. The number of hydrogen-bond acceptors (Lipinski definition) is 8. The number of esters is 1. The molecule has 0 atom stereocenters. The molecule has 0 aliphatic heterocycles. The van der Waals surface area contributed by atoms with Crippen molar-refractivity contribution in [1.82, 2.24) is 10.1 Å². The van der Waals surface area contributed by atoms with Gasteiger partial charge in [-0.1, -0.05) is 0 Å². The fourth-order valence-electron chi connectivity index (χ4n) is 1.69. The van der Waals surface area contributed by atoms with Gasteiger partial charge in [-0.25, -0.2) is 4.79 Å². The third-order valence-electron chi connectivity index (χ3n) is 2.67. The topological polar surface area (TPSA) is 110 Å². The highest BCUT2D eigenvalue weighted by Crippen LogP contribution is 2.36. The standard InChI is InChI=1S/C13H15N3O5/c1-4-20-13(17)11-15-12(21-16-11)7-5-9(18-2)10(19-3)6-8(7)14/h5-6H,4,14H2,1-3H3. The quantitative estimate of drug-likeness (QED) is 0.652. The molecule has 2 N–H and O–H groups in total. The number of nitrogens with two attached hydrogens (primary N) is 1. The summed E-state index contributed by atoms with van der Waals surface area (Å²) in [6.45, 7) is 1.91. The van der Waals surface area contributed by atoms with Crippen LogP contribution >= 0.6 is 0 Å². The first-order chi connectivity index (χ1) is 10.1. The Morgan fingerprint density at radius 2 is 1.95 bits per heavy atom. The van der Waals surface area contributed by atoms with E-state index in [2.05, 4.69) is 10.1 Å². The summed E-state index contributed by atoms with van der Waals surface area (Å²) in [5.41, 5.74) is 6.71. The molecule has 1 aromatic heterocycles. The number of nitrogen functional groups attached to an aromatic ring is 1. The van der Waals surface area contributed by atoms with Crippen LogP contribution in [0.15, 0.2) is 16.7 Å². The number of anilines is 1. The predicted octanol–water partition coefficient (Wildman–Crippen LogP) is 1.51. The van der Waals surface area contributed by atoms with E-state index in [1.165, 1.54) is 14.2 Å². The van der Waals surface area contributed by atoms with Crippen LogP contribution in [0.4, 0.5) is 5.69 Å². The number of nitrogens with zero attached hydrogens (tertiary/aromatic N) is 2. The monoisotopic (exact) mass is 293 g/mol. The Kier molecular flexibility index (Phi) is 4.27. The second kappa shape index (κ2) is 6.12. The van der Waals surface area contributed by atoms with Gasteiger partial charge in [-0.2, -0.15) is 4.98 Å². The van der Waals surface area contributed by atoms with Crippen molar-refractivity contribution >= 4 is 11.7 Å². The van der Waals surface area contributed by atoms with Crippen LogP contribution in [-0.4, -0.2) is 36.9 Å². The van der Waals surface area contributed by atoms with E-state index in [1.807, 2.05) is 0 Å². The van der Waals surface area contributed by atoms with Crippen LogP contribution in [0.2, 0.25) is 0 Å². The highest BCUT2D eigenvalue weighted by atomic mass is 16.5. The first-order valence-corrected chi connectivity index (χ1v) is 6.13. The van der Waals surface area contributed by atoms with E-state index < -0.39 is 5.97 Å². The van der Waals surface area contributed by atoms with E-state index in [9.17, 15) is 4.79 Å². The lowest BCUT2D eigenvalue weighted by atomic mass is 10.1. The molecule has 0 bridgehead atoms. The predicted molar refractivity (Wildman–Crippen MR) is 73.2 cm³/mol. The van der Waals surface area contributed by atoms with Crippen LogP contribution in [-0.2, 0) is 4.74 Å². The van der Waals surface area contributed by atoms with Crippen LogP contribution < -0.4 is 15.2 Å². The average Bonchev–Trinajstić information content (AvgIpc) is 2.96. The SMILES string of the molecule is CCOC(=O)c1noc(-c2cc(OC)c(OC)cc2N)n1. The zero-order valence-electron chi connectivity index (χ0n) is 11.9. The fourth-order valence-corrected chi connectivity index (χ4v) is 1.69. The molecule has 0 amide bonds. The van der Waals surface area contributed by atoms with Gasteiger partial charge in [-0.05, 0) is 18.1 Å². The van der Waals surface area contributed by atoms with E-state index in [1.54, 1.807) is 19.1 Å². The third kappa shape index (κ3) is 2.88. The lowest BCUT2D eigenvalue weighted by Crippen LogP contribution is -2.06. The Bertz CT molecular complexity index is 653. The van der Waals surface area contributed by atoms with Crippen LogP contribution in [0, 0.1) is 0 Å². The van der Waals surface area contributed by atoms with Crippen molar-refractivity contribution < 1.29 is 23.5 Å². The van der Waals surface area contributed by atoms with E-state index in [4.69, 9.17) is 24.5 Å². The number of methoxy groups -OCH3 is 2. The molecule has 1 heterocycles. The Morgan fingerprint density at radius 3 is 2.57 bits per heavy atom. The minimum atomic E-state index is -0.661. The number of aromatic nitrogens is 2. The van der Waals surface area contributed by atoms with Crippen LogP contribution in [0.1, 0.15) is 17.5 Å². The van der Waals surface area contributed by atoms with Gasteiger partial charge in [-0.15, -0.1) is 0 Å². The van der Waals surface area contributed by atoms with Gasteiger partial charge in [0.1, 0.15) is 0 Å². The van der Waals surface area contributed by atoms with Crippen molar-refractivity contribution in [2.45, 2.75) is 6.92 Å². The Balaban J connectivity index is 2.40. The maximum atomic E-state index is 11.5. The summed E-state index contributed by atoms with van der Waals surface area (Å²) >= 11 is 0. The van der Waals surface area contributed by atoms with Crippen molar-refractivity contribution in [2.24, 2.45) is 0 Å². The summed E-state index contributed by atoms with van der Waals surface area (Å²) in [7, 11) is 3.00. The number of ether oxygens (including phenoxy) is 3. The Morgan fingerprint density at radius 1 is 1.29 bits per heavy atom. The summed E-state index contributed by atoms with van der Waals surface area (Å²) in [5.74, 6) is 0.200. The zero-order chi connectivity index (χ0) is 15.4. The minimum Gasteiger partial charge on any atom is -0.493 e. The molecular weight excluding hydrogens is 278 g/mol. The second-order valence-electron chi connectivity index (χ2n) is 3.94. The van der Waals surface area contributed by atoms with Crippen LogP contribution in [0.25, 0.3) is 11.5 Å². The van der Waals surface area contributed by atoms with E-state index in [-0.39, 0.29) is 18.3 Å². The maximum absolute atomic E-state index is 11.5. The highest BCUT2D eigenvalue weighted by molar-refractivity contribution is 5.86. The molecule has 0 saturated heterocycles. The number of hydrogen-bond donors (Lipinski definition) is 1. The first kappa shape index (κ1) is 14.6. The summed E-state index contributed by atoms with van der Waals surface area (Å²) in [6.07, 6.45) is 0. The Labute approximate surface area is 120 Å². The van der Waals surface area contributed by atoms with E-state index in [0.717, 1.165) is 0 Å². The molecule has 8 heteroatoms. The highest BCUT2D eigenvalue weighted by Gasteiger charge is 2.20. The normalized spacial score (nSPS) is 10.2. The van der Waals surface area contributed by atoms with Crippen molar-refractivity contribution in [3.8, 4) is 23.0 Å². The largest absolute Gasteiger partial charge is 0.493 e. The molecule has 0 spiro atoms. The number of benzene rings is 1. The van der Waals surface area contributed by atoms with Gasteiger partial charge in [0.05, 0.1) is 26.4 Å². The van der Waals surface area contributed by atoms with Gasteiger partial charge in [0.2, 0.25) is 0 Å². The number of carbonyl (C=O) groups is 1. The smallest absolute Gasteiger partial charge is 0.379 e. The molecule has 0 unspecified atom stereocenters. The van der Waals surface area contributed by atoms with E-state index in [0.29, 0.717) is 22.7 Å². The molecule has 0 radical (unpaired) electrons. The molecular formula is C13H15N3O5. The molecule has 112 valence electrons. The molecule has 0 fully saturated rings. The summed E-state index contributed by atoms with van der Waals surface area (Å²) in [4.78, 5) is 15.5. The Hall–Kier alpha value is -2.77. The third-order valence-corrected chi connectivity index (χ3v) is 2.67. The molecule has 21 heavy (non-hydrogen) atoms. The molecule has 1 aromatic carbocycles. The molecule has 2 rings (SSSR count). The molecule has 0 aliphatic carbocycles. The number of carbonyl (C=O) groups excluding carboxylic acids is 1. The van der Waals surface area contributed by atoms with Gasteiger partial charge >= 0.3 is 5.97 Å². The minimum absolute atomic E-state index is 0.0940. The van der Waals surface area contributed by atoms with Crippen LogP contribution in [0.3, 0.4) is 0 Å². The lowest BCUT2D eigenvalue weighted by molar-refractivity contribution is 0.0508. The maximum Gasteiger partial charge on any atom is 0.379 e. The number of rotatable bonds is 5. The summed E-state index contributed by atoms with van der Waals surface area (Å²) in [6, 6.07) is 3.17. The molecule has 2 aromatic rings. The van der Waals surface area contributed by atoms with Crippen molar-refractivity contribution in [3.63, 3.8) is 0 Å². The van der Waals surface area contributed by atoms with Crippen molar-refractivity contribution in [3.05, 3.63) is 18.0 Å². The van der Waals surface area contributed by atoms with Crippen LogP contribution in [0.5, 0.6) is 11.5 Å². The van der Waals surface area contributed by atoms with E-state index >= 15 is 0 Å². The van der Waals surface area contributed by atoms with Gasteiger partial charge in [0.25, 0.3) is 11.7 Å². The van der Waals surface area contributed by atoms with Crippen molar-refractivity contribution in [1.29, 1.82) is 0 Å². The fraction of sp³-hybridized carbons (Fsp3) is 0.308. The molecule has 8 nitrogen and oxygen atoms in total. The van der Waals surface area contributed by atoms with Gasteiger partial charge in [0.15, 0.2) is 11.5 Å². The van der Waals surface area contributed by atoms with Gasteiger partial charge in [-0.3, -0.25) is 0 Å². The zero-order valence-corrected chi connectivity index (χ0v) is 11.9. The molecule has 0 saturated carbocycles.